The standard InChI is InChI=1S/C22H22N4O3/c1-15-20(16(2)29-25-15)14-28-19-8-6-17(7-9-19)11-22(27)23-12-18-13-26-10-4-3-5-21(26)24-18/h3-10,13H,11-12,14H2,1-2H3,(H,23,27). The number of nitrogens with one attached hydrogen (secondary N) is 1. The molecule has 0 unspecified atom stereocenters. The summed E-state index contributed by atoms with van der Waals surface area (Å²) in [5.74, 6) is 1.45. The van der Waals surface area contributed by atoms with Crippen molar-refractivity contribution < 1.29 is 14.1 Å². The number of imidazole rings is 1. The van der Waals surface area contributed by atoms with Crippen LogP contribution < -0.4 is 10.1 Å². The summed E-state index contributed by atoms with van der Waals surface area (Å²) in [6.07, 6.45) is 4.15. The van der Waals surface area contributed by atoms with E-state index in [1.807, 2.05) is 73.1 Å². The van der Waals surface area contributed by atoms with Crippen LogP contribution in [0.1, 0.15) is 28.3 Å². The van der Waals surface area contributed by atoms with E-state index in [0.717, 1.165) is 39.7 Å². The maximum Gasteiger partial charge on any atom is 0.224 e. The minimum atomic E-state index is -0.0496. The molecular formula is C22H22N4O3. The number of carbonyl (C=O) groups is 1. The van der Waals surface area contributed by atoms with E-state index in [1.54, 1.807) is 0 Å². The number of carbonyl (C=O) groups excluding carboxylic acids is 1. The molecule has 29 heavy (non-hydrogen) atoms. The molecule has 0 fully saturated rings. The molecule has 7 nitrogen and oxygen atoms in total. The van der Waals surface area contributed by atoms with Crippen LogP contribution in [0.15, 0.2) is 59.4 Å². The fourth-order valence-electron chi connectivity index (χ4n) is 3.08. The van der Waals surface area contributed by atoms with Crippen LogP contribution in [-0.4, -0.2) is 20.4 Å². The molecule has 3 heterocycles. The summed E-state index contributed by atoms with van der Waals surface area (Å²) >= 11 is 0. The Morgan fingerprint density at radius 2 is 2.00 bits per heavy atom. The van der Waals surface area contributed by atoms with Crippen LogP contribution in [0.2, 0.25) is 0 Å². The lowest BCUT2D eigenvalue weighted by molar-refractivity contribution is -0.120. The Bertz CT molecular complexity index is 1080. The van der Waals surface area contributed by atoms with Crippen molar-refractivity contribution >= 4 is 11.6 Å². The number of fused-ring (bicyclic) bond motifs is 1. The molecule has 0 aliphatic carbocycles. The van der Waals surface area contributed by atoms with Gasteiger partial charge in [-0.25, -0.2) is 4.98 Å². The van der Waals surface area contributed by atoms with E-state index in [2.05, 4.69) is 15.5 Å². The van der Waals surface area contributed by atoms with Crippen molar-refractivity contribution in [2.24, 2.45) is 0 Å². The van der Waals surface area contributed by atoms with Gasteiger partial charge < -0.3 is 19.0 Å². The average Bonchev–Trinajstić information content (AvgIpc) is 3.28. The minimum absolute atomic E-state index is 0.0496. The van der Waals surface area contributed by atoms with Crippen LogP contribution in [0.4, 0.5) is 0 Å². The van der Waals surface area contributed by atoms with Crippen LogP contribution in [0.5, 0.6) is 5.75 Å². The highest BCUT2D eigenvalue weighted by Gasteiger charge is 2.10. The molecule has 1 N–H and O–H groups in total. The Morgan fingerprint density at radius 3 is 2.72 bits per heavy atom. The van der Waals surface area contributed by atoms with Gasteiger partial charge in [0, 0.05) is 12.4 Å². The third-order valence-electron chi connectivity index (χ3n) is 4.73. The fraction of sp³-hybridized carbons (Fsp3) is 0.227. The second-order valence-corrected chi connectivity index (χ2v) is 6.89. The Hall–Kier alpha value is -3.61. The maximum atomic E-state index is 12.2. The van der Waals surface area contributed by atoms with Gasteiger partial charge in [-0.05, 0) is 43.7 Å². The van der Waals surface area contributed by atoms with Gasteiger partial charge >= 0.3 is 0 Å². The highest BCUT2D eigenvalue weighted by Crippen LogP contribution is 2.18. The summed E-state index contributed by atoms with van der Waals surface area (Å²) in [4.78, 5) is 16.7. The van der Waals surface area contributed by atoms with Crippen LogP contribution >= 0.6 is 0 Å². The molecule has 4 rings (SSSR count). The third-order valence-corrected chi connectivity index (χ3v) is 4.73. The SMILES string of the molecule is Cc1noc(C)c1COc1ccc(CC(=O)NCc2cn3ccccc3n2)cc1. The quantitative estimate of drug-likeness (QED) is 0.523. The summed E-state index contributed by atoms with van der Waals surface area (Å²) in [5.41, 5.74) is 4.40. The van der Waals surface area contributed by atoms with E-state index in [0.29, 0.717) is 19.6 Å². The van der Waals surface area contributed by atoms with E-state index < -0.39 is 0 Å². The number of amides is 1. The highest BCUT2D eigenvalue weighted by atomic mass is 16.5. The van der Waals surface area contributed by atoms with Crippen molar-refractivity contribution in [1.29, 1.82) is 0 Å². The summed E-state index contributed by atoms with van der Waals surface area (Å²) in [7, 11) is 0. The molecule has 0 aliphatic rings. The first-order valence-electron chi connectivity index (χ1n) is 9.41. The molecule has 3 aromatic heterocycles. The van der Waals surface area contributed by atoms with Gasteiger partial charge in [-0.2, -0.15) is 0 Å². The zero-order valence-corrected chi connectivity index (χ0v) is 16.4. The van der Waals surface area contributed by atoms with Crippen LogP contribution in [-0.2, 0) is 24.4 Å². The van der Waals surface area contributed by atoms with Gasteiger partial charge in [0.25, 0.3) is 0 Å². The van der Waals surface area contributed by atoms with Gasteiger partial charge in [-0.15, -0.1) is 0 Å². The molecule has 1 amide bonds. The lowest BCUT2D eigenvalue weighted by Gasteiger charge is -2.07. The zero-order valence-electron chi connectivity index (χ0n) is 16.4. The molecule has 0 spiro atoms. The lowest BCUT2D eigenvalue weighted by atomic mass is 10.1. The van der Waals surface area contributed by atoms with Crippen molar-refractivity contribution in [2.75, 3.05) is 0 Å². The molecule has 0 saturated heterocycles. The monoisotopic (exact) mass is 390 g/mol. The summed E-state index contributed by atoms with van der Waals surface area (Å²) in [6, 6.07) is 13.3. The lowest BCUT2D eigenvalue weighted by Crippen LogP contribution is -2.24. The van der Waals surface area contributed by atoms with Gasteiger partial charge in [0.2, 0.25) is 5.91 Å². The first kappa shape index (κ1) is 18.7. The molecule has 7 heteroatoms. The molecular weight excluding hydrogens is 368 g/mol. The first-order chi connectivity index (χ1) is 14.1. The summed E-state index contributed by atoms with van der Waals surface area (Å²) < 4.78 is 12.9. The number of aromatic nitrogens is 3. The Balaban J connectivity index is 1.28. The first-order valence-corrected chi connectivity index (χ1v) is 9.41. The van der Waals surface area contributed by atoms with Crippen LogP contribution in [0.3, 0.4) is 0 Å². The van der Waals surface area contributed by atoms with Crippen LogP contribution in [0.25, 0.3) is 5.65 Å². The normalized spacial score (nSPS) is 11.0. The number of pyridine rings is 1. The van der Waals surface area contributed by atoms with Gasteiger partial charge in [-0.3, -0.25) is 4.79 Å². The van der Waals surface area contributed by atoms with Crippen molar-refractivity contribution in [1.82, 2.24) is 19.9 Å². The van der Waals surface area contributed by atoms with Crippen molar-refractivity contribution in [3.8, 4) is 5.75 Å². The number of aryl methyl sites for hydroxylation is 2. The number of ether oxygens (including phenoxy) is 1. The maximum absolute atomic E-state index is 12.2. The number of nitrogens with zero attached hydrogens (tertiary/aromatic N) is 3. The minimum Gasteiger partial charge on any atom is -0.489 e. The smallest absolute Gasteiger partial charge is 0.224 e. The van der Waals surface area contributed by atoms with E-state index in [-0.39, 0.29) is 5.91 Å². The summed E-state index contributed by atoms with van der Waals surface area (Å²) in [5, 5.41) is 6.84. The molecule has 0 radical (unpaired) electrons. The van der Waals surface area contributed by atoms with Crippen molar-refractivity contribution in [2.45, 2.75) is 33.4 Å². The van der Waals surface area contributed by atoms with Crippen LogP contribution in [0, 0.1) is 13.8 Å². The zero-order chi connectivity index (χ0) is 20.2. The second-order valence-electron chi connectivity index (χ2n) is 6.89. The molecule has 4 aromatic rings. The molecule has 0 bridgehead atoms. The fourth-order valence-corrected chi connectivity index (χ4v) is 3.08. The number of rotatable bonds is 7. The predicted molar refractivity (Wildman–Crippen MR) is 107 cm³/mol. The Morgan fingerprint density at radius 1 is 1.17 bits per heavy atom. The molecule has 0 atom stereocenters. The van der Waals surface area contributed by atoms with E-state index in [1.165, 1.54) is 0 Å². The summed E-state index contributed by atoms with van der Waals surface area (Å²) in [6.45, 7) is 4.56. The van der Waals surface area contributed by atoms with Gasteiger partial charge in [0.15, 0.2) is 0 Å². The van der Waals surface area contributed by atoms with Crippen molar-refractivity contribution in [3.05, 3.63) is 83.1 Å². The highest BCUT2D eigenvalue weighted by molar-refractivity contribution is 5.78. The Kier molecular flexibility index (Phi) is 5.29. The number of hydrogen-bond acceptors (Lipinski definition) is 5. The number of benzene rings is 1. The Labute approximate surface area is 168 Å². The van der Waals surface area contributed by atoms with Gasteiger partial charge in [0.05, 0.1) is 29.9 Å². The average molecular weight is 390 g/mol. The van der Waals surface area contributed by atoms with Crippen molar-refractivity contribution in [3.63, 3.8) is 0 Å². The van der Waals surface area contributed by atoms with Gasteiger partial charge in [-0.1, -0.05) is 23.4 Å². The topological polar surface area (TPSA) is 81.7 Å². The molecule has 1 aromatic carbocycles. The largest absolute Gasteiger partial charge is 0.489 e. The molecule has 0 aliphatic heterocycles. The molecule has 0 saturated carbocycles. The predicted octanol–water partition coefficient (Wildman–Crippen LogP) is 3.38. The number of hydrogen-bond donors (Lipinski definition) is 1. The van der Waals surface area contributed by atoms with E-state index in [9.17, 15) is 4.79 Å². The van der Waals surface area contributed by atoms with E-state index in [4.69, 9.17) is 9.26 Å². The third kappa shape index (κ3) is 4.45. The second kappa shape index (κ2) is 8.18. The van der Waals surface area contributed by atoms with Gasteiger partial charge in [0.1, 0.15) is 23.8 Å². The van der Waals surface area contributed by atoms with E-state index >= 15 is 0 Å². The molecule has 148 valence electrons.